The van der Waals surface area contributed by atoms with Gasteiger partial charge in [-0.1, -0.05) is 17.7 Å². The van der Waals surface area contributed by atoms with Crippen molar-refractivity contribution < 1.29 is 9.90 Å². The molecule has 0 spiro atoms. The summed E-state index contributed by atoms with van der Waals surface area (Å²) in [7, 11) is 1.88. The molecule has 0 saturated heterocycles. The Bertz CT molecular complexity index is 582. The molecule has 2 rings (SSSR count). The third-order valence-corrected chi connectivity index (χ3v) is 2.94. The predicted molar refractivity (Wildman–Crippen MR) is 74.5 cm³/mol. The Morgan fingerprint density at radius 1 is 1.37 bits per heavy atom. The average molecular weight is 256 g/mol. The number of pyridine rings is 1. The van der Waals surface area contributed by atoms with Gasteiger partial charge in [0.25, 0.3) is 0 Å². The first kappa shape index (κ1) is 13.1. The van der Waals surface area contributed by atoms with Crippen molar-refractivity contribution in [2.24, 2.45) is 0 Å². The van der Waals surface area contributed by atoms with Crippen molar-refractivity contribution in [3.8, 4) is 0 Å². The first-order chi connectivity index (χ1) is 9.08. The number of carboxylic acid groups (broad SMARTS) is 1. The summed E-state index contributed by atoms with van der Waals surface area (Å²) in [5, 5.41) is 9.27. The maximum Gasteiger partial charge on any atom is 0.337 e. The quantitative estimate of drug-likeness (QED) is 0.913. The highest BCUT2D eigenvalue weighted by molar-refractivity contribution is 5.94. The monoisotopic (exact) mass is 256 g/mol. The summed E-state index contributed by atoms with van der Waals surface area (Å²) < 4.78 is 0. The van der Waals surface area contributed by atoms with Gasteiger partial charge in [-0.3, -0.25) is 4.98 Å². The van der Waals surface area contributed by atoms with E-state index in [2.05, 4.69) is 4.98 Å². The fraction of sp³-hybridized carbons (Fsp3) is 0.200. The number of hydrogen-bond donors (Lipinski definition) is 1. The van der Waals surface area contributed by atoms with Gasteiger partial charge in [-0.15, -0.1) is 0 Å². The van der Waals surface area contributed by atoms with Crippen LogP contribution < -0.4 is 4.90 Å². The number of aromatic nitrogens is 1. The summed E-state index contributed by atoms with van der Waals surface area (Å²) in [4.78, 5) is 17.3. The van der Waals surface area contributed by atoms with Crippen molar-refractivity contribution in [2.45, 2.75) is 13.5 Å². The van der Waals surface area contributed by atoms with E-state index in [9.17, 15) is 9.90 Å². The standard InChI is InChI=1S/C15H16N2O2/c1-11-5-6-14(13(8-11)15(18)19)17(2)10-12-4-3-7-16-9-12/h3-9H,10H2,1-2H3,(H,18,19). The van der Waals surface area contributed by atoms with Crippen LogP contribution in [0.2, 0.25) is 0 Å². The number of aryl methyl sites for hydroxylation is 1. The Morgan fingerprint density at radius 3 is 2.79 bits per heavy atom. The minimum absolute atomic E-state index is 0.325. The molecule has 0 aliphatic carbocycles. The fourth-order valence-corrected chi connectivity index (χ4v) is 2.00. The first-order valence-electron chi connectivity index (χ1n) is 6.02. The molecule has 0 radical (unpaired) electrons. The van der Waals surface area contributed by atoms with Gasteiger partial charge in [-0.05, 0) is 30.7 Å². The second kappa shape index (κ2) is 5.52. The first-order valence-corrected chi connectivity index (χ1v) is 6.02. The topological polar surface area (TPSA) is 53.4 Å². The van der Waals surface area contributed by atoms with E-state index in [0.717, 1.165) is 11.1 Å². The highest BCUT2D eigenvalue weighted by Crippen LogP contribution is 2.22. The van der Waals surface area contributed by atoms with Crippen LogP contribution in [0.1, 0.15) is 21.5 Å². The summed E-state index contributed by atoms with van der Waals surface area (Å²) in [5.74, 6) is -0.906. The molecule has 1 aromatic carbocycles. The Hall–Kier alpha value is -2.36. The smallest absolute Gasteiger partial charge is 0.337 e. The minimum Gasteiger partial charge on any atom is -0.478 e. The maximum atomic E-state index is 11.3. The molecule has 1 N–H and O–H groups in total. The molecule has 0 saturated carbocycles. The van der Waals surface area contributed by atoms with Gasteiger partial charge in [-0.25, -0.2) is 4.79 Å². The Balaban J connectivity index is 2.28. The van der Waals surface area contributed by atoms with Crippen LogP contribution in [0.15, 0.2) is 42.7 Å². The van der Waals surface area contributed by atoms with Crippen LogP contribution in [0.5, 0.6) is 0 Å². The lowest BCUT2D eigenvalue weighted by atomic mass is 10.1. The van der Waals surface area contributed by atoms with E-state index in [1.54, 1.807) is 18.5 Å². The lowest BCUT2D eigenvalue weighted by molar-refractivity contribution is 0.0697. The van der Waals surface area contributed by atoms with Gasteiger partial charge in [0, 0.05) is 26.0 Å². The number of benzene rings is 1. The van der Waals surface area contributed by atoms with Crippen LogP contribution in [-0.2, 0) is 6.54 Å². The van der Waals surface area contributed by atoms with Crippen LogP contribution in [-0.4, -0.2) is 23.1 Å². The van der Waals surface area contributed by atoms with Crippen molar-refractivity contribution in [1.82, 2.24) is 4.98 Å². The highest BCUT2D eigenvalue weighted by atomic mass is 16.4. The van der Waals surface area contributed by atoms with E-state index in [-0.39, 0.29) is 0 Å². The molecule has 98 valence electrons. The van der Waals surface area contributed by atoms with E-state index in [4.69, 9.17) is 0 Å². The van der Waals surface area contributed by atoms with E-state index in [1.165, 1.54) is 0 Å². The normalized spacial score (nSPS) is 10.2. The second-order valence-electron chi connectivity index (χ2n) is 4.54. The van der Waals surface area contributed by atoms with Gasteiger partial charge in [0.15, 0.2) is 0 Å². The second-order valence-corrected chi connectivity index (χ2v) is 4.54. The van der Waals surface area contributed by atoms with Crippen LogP contribution in [0.4, 0.5) is 5.69 Å². The molecule has 0 atom stereocenters. The summed E-state index contributed by atoms with van der Waals surface area (Å²) >= 11 is 0. The molecule has 0 aliphatic heterocycles. The zero-order valence-electron chi connectivity index (χ0n) is 11.0. The fourth-order valence-electron chi connectivity index (χ4n) is 2.00. The molecule has 4 nitrogen and oxygen atoms in total. The zero-order chi connectivity index (χ0) is 13.8. The summed E-state index contributed by atoms with van der Waals surface area (Å²) in [5.41, 5.74) is 3.02. The van der Waals surface area contributed by atoms with Crippen LogP contribution in [0.3, 0.4) is 0 Å². The number of aromatic carboxylic acids is 1. The van der Waals surface area contributed by atoms with Gasteiger partial charge < -0.3 is 10.0 Å². The highest BCUT2D eigenvalue weighted by Gasteiger charge is 2.13. The van der Waals surface area contributed by atoms with E-state index >= 15 is 0 Å². The molecule has 0 aliphatic rings. The summed E-state index contributed by atoms with van der Waals surface area (Å²) in [6.07, 6.45) is 3.50. The molecule has 1 heterocycles. The molecule has 4 heteroatoms. The zero-order valence-corrected chi connectivity index (χ0v) is 11.0. The van der Waals surface area contributed by atoms with Crippen molar-refractivity contribution in [3.63, 3.8) is 0 Å². The van der Waals surface area contributed by atoms with Crippen molar-refractivity contribution >= 4 is 11.7 Å². The SMILES string of the molecule is Cc1ccc(N(C)Cc2cccnc2)c(C(=O)O)c1. The molecule has 1 aromatic heterocycles. The Morgan fingerprint density at radius 2 is 2.16 bits per heavy atom. The number of carboxylic acids is 1. The van der Waals surface area contributed by atoms with Crippen LogP contribution in [0, 0.1) is 6.92 Å². The number of nitrogens with zero attached hydrogens (tertiary/aromatic N) is 2. The van der Waals surface area contributed by atoms with Crippen molar-refractivity contribution in [1.29, 1.82) is 0 Å². The lowest BCUT2D eigenvalue weighted by Gasteiger charge is -2.21. The minimum atomic E-state index is -0.906. The van der Waals surface area contributed by atoms with Crippen LogP contribution >= 0.6 is 0 Å². The van der Waals surface area contributed by atoms with E-state index in [1.807, 2.05) is 43.1 Å². The molecule has 0 bridgehead atoms. The Kier molecular flexibility index (Phi) is 3.80. The molecular formula is C15H16N2O2. The molecular weight excluding hydrogens is 240 g/mol. The van der Waals surface area contributed by atoms with Gasteiger partial charge in [0.2, 0.25) is 0 Å². The summed E-state index contributed by atoms with van der Waals surface area (Å²) in [6, 6.07) is 9.29. The van der Waals surface area contributed by atoms with Gasteiger partial charge >= 0.3 is 5.97 Å². The van der Waals surface area contributed by atoms with E-state index in [0.29, 0.717) is 17.8 Å². The van der Waals surface area contributed by atoms with Crippen molar-refractivity contribution in [2.75, 3.05) is 11.9 Å². The molecule has 19 heavy (non-hydrogen) atoms. The van der Waals surface area contributed by atoms with Crippen LogP contribution in [0.25, 0.3) is 0 Å². The molecule has 2 aromatic rings. The maximum absolute atomic E-state index is 11.3. The lowest BCUT2D eigenvalue weighted by Crippen LogP contribution is -2.19. The van der Waals surface area contributed by atoms with Gasteiger partial charge in [0.05, 0.1) is 11.3 Å². The number of carbonyl (C=O) groups is 1. The number of hydrogen-bond acceptors (Lipinski definition) is 3. The van der Waals surface area contributed by atoms with Crippen molar-refractivity contribution in [3.05, 3.63) is 59.4 Å². The van der Waals surface area contributed by atoms with Gasteiger partial charge in [0.1, 0.15) is 0 Å². The average Bonchev–Trinajstić information content (AvgIpc) is 2.39. The third-order valence-electron chi connectivity index (χ3n) is 2.94. The number of rotatable bonds is 4. The largest absolute Gasteiger partial charge is 0.478 e. The Labute approximate surface area is 112 Å². The summed E-state index contributed by atoms with van der Waals surface area (Å²) in [6.45, 7) is 2.51. The van der Waals surface area contributed by atoms with E-state index < -0.39 is 5.97 Å². The molecule has 0 unspecified atom stereocenters. The third kappa shape index (κ3) is 3.10. The molecule has 0 amide bonds. The predicted octanol–water partition coefficient (Wildman–Crippen LogP) is 2.72. The number of anilines is 1. The molecule has 0 fully saturated rings. The van der Waals surface area contributed by atoms with Gasteiger partial charge in [-0.2, -0.15) is 0 Å².